The number of hydrogen-bond acceptors (Lipinski definition) is 7. The maximum absolute atomic E-state index is 13.0. The van der Waals surface area contributed by atoms with E-state index in [0.29, 0.717) is 22.2 Å². The number of rotatable bonds is 5. The number of ketones is 1. The van der Waals surface area contributed by atoms with Crippen LogP contribution in [0.5, 0.6) is 0 Å². The van der Waals surface area contributed by atoms with Crippen LogP contribution in [0.4, 0.5) is 11.4 Å². The second kappa shape index (κ2) is 9.48. The molecule has 0 fully saturated rings. The lowest BCUT2D eigenvalue weighted by Gasteiger charge is -2.04. The minimum Gasteiger partial charge on any atom is -0.289 e. The summed E-state index contributed by atoms with van der Waals surface area (Å²) in [5, 5.41) is 31.9. The summed E-state index contributed by atoms with van der Waals surface area (Å²) in [6.07, 6.45) is 0.441. The van der Waals surface area contributed by atoms with Crippen LogP contribution >= 0.6 is 27.7 Å². The van der Waals surface area contributed by atoms with E-state index in [-0.39, 0.29) is 39.2 Å². The smallest absolute Gasteiger partial charge is 0.285 e. The Labute approximate surface area is 206 Å². The highest BCUT2D eigenvalue weighted by atomic mass is 79.9. The fourth-order valence-electron chi connectivity index (χ4n) is 3.57. The summed E-state index contributed by atoms with van der Waals surface area (Å²) in [7, 11) is 0. The van der Waals surface area contributed by atoms with Gasteiger partial charge in [-0.05, 0) is 36.4 Å². The van der Waals surface area contributed by atoms with E-state index in [1.165, 1.54) is 36.0 Å². The third-order valence-corrected chi connectivity index (χ3v) is 6.52. The van der Waals surface area contributed by atoms with Gasteiger partial charge in [-0.1, -0.05) is 27.8 Å². The molecule has 0 aliphatic heterocycles. The maximum Gasteiger partial charge on any atom is 0.285 e. The van der Waals surface area contributed by atoms with Crippen LogP contribution in [0.3, 0.4) is 0 Å². The minimum atomic E-state index is -0.619. The summed E-state index contributed by atoms with van der Waals surface area (Å²) >= 11 is 4.72. The van der Waals surface area contributed by atoms with Crippen LogP contribution in [0, 0.1) is 43.4 Å². The number of nitrogens with zero attached hydrogens (tertiary/aromatic N) is 3. The fourth-order valence-corrected chi connectivity index (χ4v) is 4.77. The zero-order valence-electron chi connectivity index (χ0n) is 17.2. The molecule has 8 nitrogen and oxygen atoms in total. The summed E-state index contributed by atoms with van der Waals surface area (Å²) in [5.74, 6) is 5.87. The summed E-state index contributed by atoms with van der Waals surface area (Å²) in [4.78, 5) is 36.0. The molecule has 34 heavy (non-hydrogen) atoms. The van der Waals surface area contributed by atoms with E-state index in [4.69, 9.17) is 5.26 Å². The molecule has 166 valence electrons. The van der Waals surface area contributed by atoms with E-state index in [1.54, 1.807) is 12.1 Å². The number of benzene rings is 3. The average Bonchev–Trinajstić information content (AvgIpc) is 3.08. The molecule has 0 saturated carbocycles. The highest BCUT2D eigenvalue weighted by Crippen LogP contribution is 2.46. The van der Waals surface area contributed by atoms with Gasteiger partial charge < -0.3 is 0 Å². The molecule has 3 aromatic rings. The van der Waals surface area contributed by atoms with Crippen LogP contribution in [0.15, 0.2) is 57.9 Å². The number of hydrogen-bond donors (Lipinski definition) is 0. The van der Waals surface area contributed by atoms with Gasteiger partial charge in [-0.15, -0.1) is 11.8 Å². The Bertz CT molecular complexity index is 1480. The largest absolute Gasteiger partial charge is 0.289 e. The van der Waals surface area contributed by atoms with Gasteiger partial charge in [-0.25, -0.2) is 0 Å². The second-order valence-corrected chi connectivity index (χ2v) is 9.22. The molecule has 0 atom stereocenters. The number of thioether (sulfide) groups is 1. The highest BCUT2D eigenvalue weighted by Gasteiger charge is 2.36. The van der Waals surface area contributed by atoms with Crippen LogP contribution < -0.4 is 0 Å². The third kappa shape index (κ3) is 4.42. The zero-order valence-corrected chi connectivity index (χ0v) is 19.6. The van der Waals surface area contributed by atoms with Crippen molar-refractivity contribution in [2.24, 2.45) is 0 Å². The molecule has 0 N–H and O–H groups in total. The van der Waals surface area contributed by atoms with E-state index in [9.17, 15) is 25.0 Å². The normalized spacial score (nSPS) is 11.1. The van der Waals surface area contributed by atoms with Crippen molar-refractivity contribution in [1.82, 2.24) is 0 Å². The number of halogens is 1. The number of carbonyl (C=O) groups excluding carboxylic acids is 1. The maximum atomic E-state index is 13.0. The van der Waals surface area contributed by atoms with Crippen molar-refractivity contribution in [3.63, 3.8) is 0 Å². The number of nitro groups is 2. The molecule has 0 bridgehead atoms. The van der Waals surface area contributed by atoms with E-state index in [0.717, 1.165) is 4.90 Å². The number of nitriles is 1. The van der Waals surface area contributed by atoms with E-state index in [1.807, 2.05) is 12.1 Å². The molecule has 10 heteroatoms. The van der Waals surface area contributed by atoms with Gasteiger partial charge in [-0.3, -0.25) is 25.0 Å². The number of fused-ring (bicyclic) bond motifs is 3. The molecule has 0 aromatic heterocycles. The van der Waals surface area contributed by atoms with E-state index in [2.05, 4.69) is 33.8 Å². The minimum absolute atomic E-state index is 0.0408. The lowest BCUT2D eigenvalue weighted by molar-refractivity contribution is -0.385. The van der Waals surface area contributed by atoms with Crippen molar-refractivity contribution in [2.45, 2.75) is 11.3 Å². The van der Waals surface area contributed by atoms with Crippen molar-refractivity contribution in [3.8, 4) is 29.0 Å². The van der Waals surface area contributed by atoms with Crippen LogP contribution in [-0.2, 0) is 0 Å². The molecule has 1 aliphatic carbocycles. The molecule has 1 aliphatic rings. The number of carbonyl (C=O) groups is 1. The first kappa shape index (κ1) is 23.2. The Morgan fingerprint density at radius 1 is 0.912 bits per heavy atom. The van der Waals surface area contributed by atoms with Crippen LogP contribution in [0.1, 0.15) is 33.5 Å². The van der Waals surface area contributed by atoms with Gasteiger partial charge in [0.15, 0.2) is 5.78 Å². The van der Waals surface area contributed by atoms with Gasteiger partial charge in [0.2, 0.25) is 0 Å². The zero-order chi connectivity index (χ0) is 24.4. The molecule has 0 amide bonds. The predicted octanol–water partition coefficient (Wildman–Crippen LogP) is 5.88. The summed E-state index contributed by atoms with van der Waals surface area (Å²) < 4.78 is 0.364. The first-order valence-corrected chi connectivity index (χ1v) is 11.5. The molecule has 0 saturated heterocycles. The van der Waals surface area contributed by atoms with Crippen molar-refractivity contribution in [2.75, 3.05) is 5.75 Å². The molecule has 4 rings (SSSR count). The molecule has 0 unspecified atom stereocenters. The van der Waals surface area contributed by atoms with Gasteiger partial charge in [0, 0.05) is 55.9 Å². The Kier molecular flexibility index (Phi) is 6.46. The molecular formula is C24H12BrN3O5S. The molecule has 0 spiro atoms. The summed E-state index contributed by atoms with van der Waals surface area (Å²) in [6, 6.07) is 14.6. The quantitative estimate of drug-likeness (QED) is 0.103. The molecular weight excluding hydrogens is 522 g/mol. The van der Waals surface area contributed by atoms with Crippen LogP contribution in [-0.4, -0.2) is 21.4 Å². The lowest BCUT2D eigenvalue weighted by atomic mass is 10.0. The van der Waals surface area contributed by atoms with Gasteiger partial charge in [0.25, 0.3) is 11.4 Å². The average molecular weight is 534 g/mol. The highest BCUT2D eigenvalue weighted by molar-refractivity contribution is 9.10. The SMILES string of the molecule is N#CCCSc1ccc(C#Cc2cc3c(cc2[N+](=O)[O-])-c2c(cc(Br)cc2[N+](=O)[O-])C3=O)cc1. The first-order valence-electron chi connectivity index (χ1n) is 9.77. The Hall–Kier alpha value is -3.99. The standard InChI is InChI=1S/C24H12BrN3O5S/c25-16-11-20-23(22(12-16)28(32)33)18-13-21(27(30)31)15(10-19(18)24(20)29)5-2-14-3-6-17(7-4-14)34-9-1-8-26/h3-4,6-7,10-13H,1,9H2. The predicted molar refractivity (Wildman–Crippen MR) is 130 cm³/mol. The van der Waals surface area contributed by atoms with Gasteiger partial charge in [-0.2, -0.15) is 5.26 Å². The van der Waals surface area contributed by atoms with Gasteiger partial charge in [0.1, 0.15) is 5.56 Å². The van der Waals surface area contributed by atoms with Crippen LogP contribution in [0.25, 0.3) is 11.1 Å². The molecule has 0 radical (unpaired) electrons. The Balaban J connectivity index is 1.75. The van der Waals surface area contributed by atoms with Crippen LogP contribution in [0.2, 0.25) is 0 Å². The van der Waals surface area contributed by atoms with E-state index < -0.39 is 15.6 Å². The van der Waals surface area contributed by atoms with Gasteiger partial charge in [0.05, 0.1) is 21.5 Å². The summed E-state index contributed by atoms with van der Waals surface area (Å²) in [6.45, 7) is 0. The first-order chi connectivity index (χ1) is 16.3. The monoisotopic (exact) mass is 533 g/mol. The molecule has 0 heterocycles. The van der Waals surface area contributed by atoms with Crippen molar-refractivity contribution < 1.29 is 14.6 Å². The Morgan fingerprint density at radius 2 is 1.62 bits per heavy atom. The fraction of sp³-hybridized carbons (Fsp3) is 0.0833. The van der Waals surface area contributed by atoms with E-state index >= 15 is 0 Å². The lowest BCUT2D eigenvalue weighted by Crippen LogP contribution is -1.98. The van der Waals surface area contributed by atoms with Gasteiger partial charge >= 0.3 is 0 Å². The summed E-state index contributed by atoms with van der Waals surface area (Å²) in [5.41, 5.74) is 0.476. The van der Waals surface area contributed by atoms with Crippen molar-refractivity contribution >= 4 is 44.8 Å². The number of nitro benzene ring substituents is 2. The molecule has 3 aromatic carbocycles. The second-order valence-electron chi connectivity index (χ2n) is 7.14. The topological polar surface area (TPSA) is 127 Å². The van der Waals surface area contributed by atoms with Crippen molar-refractivity contribution in [3.05, 3.63) is 95.5 Å². The third-order valence-electron chi connectivity index (χ3n) is 5.05. The van der Waals surface area contributed by atoms with Crippen molar-refractivity contribution in [1.29, 1.82) is 5.26 Å². The Morgan fingerprint density at radius 3 is 2.26 bits per heavy atom.